The number of nitrogens with one attached hydrogen (secondary N) is 2. The minimum absolute atomic E-state index is 0.101. The molecule has 0 saturated carbocycles. The number of rotatable bonds is 5. The van der Waals surface area contributed by atoms with Gasteiger partial charge in [0.25, 0.3) is 11.8 Å². The smallest absolute Gasteiger partial charge is 0.274 e. The average molecular weight is 373 g/mol. The summed E-state index contributed by atoms with van der Waals surface area (Å²) in [6.45, 7) is 6.05. The Bertz CT molecular complexity index is 982. The van der Waals surface area contributed by atoms with Crippen LogP contribution in [0.15, 0.2) is 66.9 Å². The highest BCUT2D eigenvalue weighted by Gasteiger charge is 2.14. The minimum atomic E-state index is -0.290. The Labute approximate surface area is 164 Å². The zero-order valence-electron chi connectivity index (χ0n) is 16.2. The zero-order valence-corrected chi connectivity index (χ0v) is 16.2. The van der Waals surface area contributed by atoms with Crippen molar-refractivity contribution >= 4 is 17.5 Å². The van der Waals surface area contributed by atoms with E-state index in [-0.39, 0.29) is 17.9 Å². The largest absolute Gasteiger partial charge is 0.346 e. The Morgan fingerprint density at radius 1 is 0.929 bits per heavy atom. The highest BCUT2D eigenvalue weighted by molar-refractivity contribution is 6.03. The van der Waals surface area contributed by atoms with Gasteiger partial charge in [-0.1, -0.05) is 29.8 Å². The first-order chi connectivity index (χ1) is 13.4. The van der Waals surface area contributed by atoms with Gasteiger partial charge < -0.3 is 10.6 Å². The molecule has 3 rings (SSSR count). The first-order valence-corrected chi connectivity index (χ1v) is 9.14. The number of hydrogen-bond acceptors (Lipinski definition) is 3. The quantitative estimate of drug-likeness (QED) is 0.694. The molecule has 2 aromatic carbocycles. The fraction of sp³-hybridized carbons (Fsp3) is 0.174. The van der Waals surface area contributed by atoms with Gasteiger partial charge in [-0.25, -0.2) is 0 Å². The number of pyridine rings is 1. The first kappa shape index (κ1) is 19.3. The predicted octanol–water partition coefficient (Wildman–Crippen LogP) is 4.44. The maximum absolute atomic E-state index is 12.6. The molecule has 0 radical (unpaired) electrons. The molecule has 0 bridgehead atoms. The fourth-order valence-corrected chi connectivity index (χ4v) is 2.98. The van der Waals surface area contributed by atoms with E-state index in [9.17, 15) is 9.59 Å². The van der Waals surface area contributed by atoms with Gasteiger partial charge in [-0.2, -0.15) is 0 Å². The van der Waals surface area contributed by atoms with Gasteiger partial charge >= 0.3 is 0 Å². The number of hydrogen-bond donors (Lipinski definition) is 2. The summed E-state index contributed by atoms with van der Waals surface area (Å²) in [4.78, 5) is 28.7. The third-order valence-electron chi connectivity index (χ3n) is 4.55. The third kappa shape index (κ3) is 4.62. The Balaban J connectivity index is 1.65. The van der Waals surface area contributed by atoms with Crippen molar-refractivity contribution in [2.24, 2.45) is 0 Å². The van der Waals surface area contributed by atoms with Crippen molar-refractivity contribution in [3.05, 3.63) is 94.8 Å². The van der Waals surface area contributed by atoms with Crippen LogP contribution in [-0.2, 0) is 0 Å². The summed E-state index contributed by atoms with van der Waals surface area (Å²) in [7, 11) is 0. The van der Waals surface area contributed by atoms with Crippen molar-refractivity contribution < 1.29 is 9.59 Å². The maximum Gasteiger partial charge on any atom is 0.274 e. The molecule has 1 aromatic heterocycles. The molecule has 0 saturated heterocycles. The van der Waals surface area contributed by atoms with Gasteiger partial charge in [0.2, 0.25) is 0 Å². The molecule has 142 valence electrons. The normalized spacial score (nSPS) is 11.5. The van der Waals surface area contributed by atoms with Crippen LogP contribution in [0.1, 0.15) is 50.5 Å². The van der Waals surface area contributed by atoms with E-state index in [1.165, 1.54) is 0 Å². The summed E-state index contributed by atoms with van der Waals surface area (Å²) in [6.07, 6.45) is 1.57. The van der Waals surface area contributed by atoms with E-state index in [1.54, 1.807) is 48.7 Å². The lowest BCUT2D eigenvalue weighted by molar-refractivity contribution is 0.0939. The fourth-order valence-electron chi connectivity index (χ4n) is 2.98. The SMILES string of the molecule is Cc1ccc(C)c(C(C)NC(=O)c2ccc(NC(=O)c3ccccn3)cc2)c1. The Morgan fingerprint density at radius 2 is 1.68 bits per heavy atom. The number of aryl methyl sites for hydroxylation is 2. The molecular formula is C23H23N3O2. The molecule has 0 fully saturated rings. The summed E-state index contributed by atoms with van der Waals surface area (Å²) in [5, 5.41) is 5.80. The number of amides is 2. The van der Waals surface area contributed by atoms with Crippen LogP contribution < -0.4 is 10.6 Å². The van der Waals surface area contributed by atoms with Crippen molar-refractivity contribution in [3.8, 4) is 0 Å². The second-order valence-electron chi connectivity index (χ2n) is 6.80. The molecule has 0 aliphatic heterocycles. The van der Waals surface area contributed by atoms with Crippen molar-refractivity contribution in [1.82, 2.24) is 10.3 Å². The lowest BCUT2D eigenvalue weighted by Gasteiger charge is -2.17. The van der Waals surface area contributed by atoms with Crippen LogP contribution in [-0.4, -0.2) is 16.8 Å². The monoisotopic (exact) mass is 373 g/mol. The predicted molar refractivity (Wildman–Crippen MR) is 110 cm³/mol. The Hall–Kier alpha value is -3.47. The Kier molecular flexibility index (Phi) is 5.84. The molecule has 0 aliphatic carbocycles. The summed E-state index contributed by atoms with van der Waals surface area (Å²) in [5.74, 6) is -0.447. The van der Waals surface area contributed by atoms with Gasteiger partial charge in [0.1, 0.15) is 5.69 Å². The van der Waals surface area contributed by atoms with Crippen molar-refractivity contribution in [3.63, 3.8) is 0 Å². The number of carbonyl (C=O) groups excluding carboxylic acids is 2. The van der Waals surface area contributed by atoms with Crippen molar-refractivity contribution in [1.29, 1.82) is 0 Å². The van der Waals surface area contributed by atoms with E-state index >= 15 is 0 Å². The number of carbonyl (C=O) groups is 2. The lowest BCUT2D eigenvalue weighted by atomic mass is 9.99. The molecule has 5 nitrogen and oxygen atoms in total. The molecule has 2 amide bonds. The van der Waals surface area contributed by atoms with Gasteiger partial charge in [0.05, 0.1) is 6.04 Å². The molecule has 3 aromatic rings. The number of aromatic nitrogens is 1. The van der Waals surface area contributed by atoms with Crippen LogP contribution in [0.4, 0.5) is 5.69 Å². The van der Waals surface area contributed by atoms with Crippen LogP contribution >= 0.6 is 0 Å². The van der Waals surface area contributed by atoms with E-state index in [2.05, 4.69) is 33.8 Å². The molecule has 1 atom stereocenters. The topological polar surface area (TPSA) is 71.1 Å². The summed E-state index contributed by atoms with van der Waals surface area (Å²) >= 11 is 0. The average Bonchev–Trinajstić information content (AvgIpc) is 2.70. The maximum atomic E-state index is 12.6. The minimum Gasteiger partial charge on any atom is -0.346 e. The third-order valence-corrected chi connectivity index (χ3v) is 4.55. The second kappa shape index (κ2) is 8.48. The molecule has 5 heteroatoms. The van der Waals surface area contributed by atoms with Crippen LogP contribution in [0.2, 0.25) is 0 Å². The van der Waals surface area contributed by atoms with Gasteiger partial charge in [0.15, 0.2) is 0 Å². The van der Waals surface area contributed by atoms with Crippen LogP contribution in [0, 0.1) is 13.8 Å². The van der Waals surface area contributed by atoms with Gasteiger partial charge in [-0.3, -0.25) is 14.6 Å². The van der Waals surface area contributed by atoms with Crippen LogP contribution in [0.3, 0.4) is 0 Å². The van der Waals surface area contributed by atoms with Gasteiger partial charge in [-0.05, 0) is 68.3 Å². The van der Waals surface area contributed by atoms with E-state index in [1.807, 2.05) is 20.8 Å². The highest BCUT2D eigenvalue weighted by Crippen LogP contribution is 2.20. The Morgan fingerprint density at radius 3 is 2.36 bits per heavy atom. The molecular weight excluding hydrogens is 350 g/mol. The summed E-state index contributed by atoms with van der Waals surface area (Å²) in [6, 6.07) is 18.1. The summed E-state index contributed by atoms with van der Waals surface area (Å²) in [5.41, 5.74) is 4.89. The van der Waals surface area contributed by atoms with E-state index < -0.39 is 0 Å². The number of anilines is 1. The van der Waals surface area contributed by atoms with Crippen molar-refractivity contribution in [2.45, 2.75) is 26.8 Å². The molecule has 28 heavy (non-hydrogen) atoms. The lowest BCUT2D eigenvalue weighted by Crippen LogP contribution is -2.27. The van der Waals surface area contributed by atoms with Crippen molar-refractivity contribution in [2.75, 3.05) is 5.32 Å². The molecule has 1 heterocycles. The van der Waals surface area contributed by atoms with Gasteiger partial charge in [0, 0.05) is 17.4 Å². The number of nitrogens with zero attached hydrogens (tertiary/aromatic N) is 1. The summed E-state index contributed by atoms with van der Waals surface area (Å²) < 4.78 is 0. The van der Waals surface area contributed by atoms with Gasteiger partial charge in [-0.15, -0.1) is 0 Å². The van der Waals surface area contributed by atoms with Crippen LogP contribution in [0.25, 0.3) is 0 Å². The van der Waals surface area contributed by atoms with E-state index in [0.717, 1.165) is 16.7 Å². The second-order valence-corrected chi connectivity index (χ2v) is 6.80. The molecule has 0 aliphatic rings. The van der Waals surface area contributed by atoms with Crippen LogP contribution in [0.5, 0.6) is 0 Å². The number of benzene rings is 2. The molecule has 2 N–H and O–H groups in total. The first-order valence-electron chi connectivity index (χ1n) is 9.14. The van der Waals surface area contributed by atoms with E-state index in [4.69, 9.17) is 0 Å². The molecule has 1 unspecified atom stereocenters. The molecule has 0 spiro atoms. The van der Waals surface area contributed by atoms with E-state index in [0.29, 0.717) is 16.9 Å². The highest BCUT2D eigenvalue weighted by atomic mass is 16.2. The zero-order chi connectivity index (χ0) is 20.1. The standard InChI is InChI=1S/C23H23N3O2/c1-15-7-8-16(2)20(14-15)17(3)25-22(27)18-9-11-19(12-10-18)26-23(28)21-6-4-5-13-24-21/h4-14,17H,1-3H3,(H,25,27)(H,26,28).